The number of amides is 1. The molecule has 0 atom stereocenters. The first-order valence-corrected chi connectivity index (χ1v) is 15.9. The molecule has 0 saturated carbocycles. The minimum absolute atomic E-state index is 0.0996. The van der Waals surface area contributed by atoms with Crippen LogP contribution in [-0.4, -0.2) is 60.6 Å². The van der Waals surface area contributed by atoms with Gasteiger partial charge in [-0.3, -0.25) is 9.59 Å². The number of aryl methyl sites for hydroxylation is 1. The molecule has 216 valence electrons. The van der Waals surface area contributed by atoms with Crippen molar-refractivity contribution in [3.8, 4) is 0 Å². The van der Waals surface area contributed by atoms with E-state index in [1.807, 2.05) is 25.1 Å². The van der Waals surface area contributed by atoms with E-state index >= 15 is 0 Å². The van der Waals surface area contributed by atoms with Crippen molar-refractivity contribution in [2.45, 2.75) is 104 Å². The summed E-state index contributed by atoms with van der Waals surface area (Å²) in [5.41, 5.74) is 2.55. The highest BCUT2D eigenvalue weighted by atomic mass is 32.2. The van der Waals surface area contributed by atoms with Crippen molar-refractivity contribution in [3.05, 3.63) is 47.5 Å². The van der Waals surface area contributed by atoms with E-state index in [4.69, 9.17) is 4.74 Å². The number of allylic oxidation sites excluding steroid dienone is 1. The lowest BCUT2D eigenvalue weighted by molar-refractivity contribution is -0.142. The van der Waals surface area contributed by atoms with Gasteiger partial charge >= 0.3 is 5.97 Å². The minimum atomic E-state index is -0.0996. The maximum Gasteiger partial charge on any atom is 0.306 e. The van der Waals surface area contributed by atoms with Gasteiger partial charge in [0.15, 0.2) is 0 Å². The Kier molecular flexibility index (Phi) is 20.8. The average Bonchev–Trinajstić information content (AvgIpc) is 2.89. The van der Waals surface area contributed by atoms with E-state index in [9.17, 15) is 9.59 Å². The predicted octanol–water partition coefficient (Wildman–Crippen LogP) is 8.27. The lowest BCUT2D eigenvalue weighted by Gasteiger charge is -2.23. The molecule has 1 amide bonds. The lowest BCUT2D eigenvalue weighted by Crippen LogP contribution is -2.29. The molecule has 0 unspecified atom stereocenters. The number of esters is 1. The van der Waals surface area contributed by atoms with Gasteiger partial charge in [-0.2, -0.15) is 0 Å². The molecular formula is C32H54N2O3S. The summed E-state index contributed by atoms with van der Waals surface area (Å²) in [6, 6.07) is 8.66. The topological polar surface area (TPSA) is 49.9 Å². The Bertz CT molecular complexity index is 782. The van der Waals surface area contributed by atoms with Crippen LogP contribution in [-0.2, 0) is 22.5 Å². The van der Waals surface area contributed by atoms with Crippen molar-refractivity contribution in [1.29, 1.82) is 0 Å². The van der Waals surface area contributed by atoms with E-state index in [1.54, 1.807) is 0 Å². The Morgan fingerprint density at radius 2 is 1.61 bits per heavy atom. The van der Waals surface area contributed by atoms with Gasteiger partial charge in [-0.1, -0.05) is 107 Å². The van der Waals surface area contributed by atoms with Crippen molar-refractivity contribution in [2.75, 3.05) is 39.5 Å². The molecule has 0 spiro atoms. The van der Waals surface area contributed by atoms with Gasteiger partial charge in [0.25, 0.3) is 5.24 Å². The standard InChI is InChI=1S/C32H54N2O3S/c1-5-7-8-9-10-14-17-25-37-31(35)22-15-12-11-13-16-23-34(32(36)38-26-24-33(3)4)28-30-21-18-20-29(27-30)19-6-2/h14,17-18,20-21,27H,5-13,15-16,19,22-26,28H2,1-4H3/b17-14-. The number of carbonyl (C=O) groups excluding carboxylic acids is 2. The third-order valence-corrected chi connectivity index (χ3v) is 7.36. The summed E-state index contributed by atoms with van der Waals surface area (Å²) < 4.78 is 5.31. The quantitative estimate of drug-likeness (QED) is 0.0832. The number of hydrogen-bond donors (Lipinski definition) is 0. The Hall–Kier alpha value is -1.79. The number of thioether (sulfide) groups is 1. The van der Waals surface area contributed by atoms with Crippen molar-refractivity contribution in [3.63, 3.8) is 0 Å². The number of hydrogen-bond acceptors (Lipinski definition) is 5. The largest absolute Gasteiger partial charge is 0.461 e. The second-order valence-corrected chi connectivity index (χ2v) is 11.5. The molecule has 0 aliphatic rings. The minimum Gasteiger partial charge on any atom is -0.461 e. The summed E-state index contributed by atoms with van der Waals surface area (Å²) in [6.45, 7) is 7.15. The van der Waals surface area contributed by atoms with Crippen LogP contribution in [0.2, 0.25) is 0 Å². The average molecular weight is 547 g/mol. The van der Waals surface area contributed by atoms with Crippen molar-refractivity contribution >= 4 is 23.0 Å². The molecule has 0 aliphatic heterocycles. The Morgan fingerprint density at radius 1 is 0.868 bits per heavy atom. The Balaban J connectivity index is 2.30. The molecule has 0 fully saturated rings. The molecule has 6 heteroatoms. The zero-order valence-electron chi connectivity index (χ0n) is 24.7. The van der Waals surface area contributed by atoms with Crippen molar-refractivity contribution in [1.82, 2.24) is 9.80 Å². The summed E-state index contributed by atoms with van der Waals surface area (Å²) in [6.07, 6.45) is 17.9. The number of unbranched alkanes of at least 4 members (excludes halogenated alkanes) is 8. The number of carbonyl (C=O) groups is 2. The Morgan fingerprint density at radius 3 is 2.37 bits per heavy atom. The highest BCUT2D eigenvalue weighted by Crippen LogP contribution is 2.17. The van der Waals surface area contributed by atoms with E-state index in [1.165, 1.54) is 48.6 Å². The second kappa shape index (κ2) is 23.1. The van der Waals surface area contributed by atoms with Gasteiger partial charge in [-0.15, -0.1) is 0 Å². The summed E-state index contributed by atoms with van der Waals surface area (Å²) in [5, 5.41) is 0.172. The van der Waals surface area contributed by atoms with Crippen LogP contribution in [0, 0.1) is 0 Å². The van der Waals surface area contributed by atoms with Crippen molar-refractivity contribution < 1.29 is 14.3 Å². The van der Waals surface area contributed by atoms with Crippen LogP contribution in [0.1, 0.15) is 102 Å². The van der Waals surface area contributed by atoms with Gasteiger partial charge in [0, 0.05) is 31.8 Å². The molecule has 0 aromatic heterocycles. The highest BCUT2D eigenvalue weighted by Gasteiger charge is 2.15. The predicted molar refractivity (Wildman–Crippen MR) is 164 cm³/mol. The van der Waals surface area contributed by atoms with Crippen LogP contribution in [0.15, 0.2) is 36.4 Å². The number of ether oxygens (including phenoxy) is 1. The third-order valence-electron chi connectivity index (χ3n) is 6.47. The molecule has 1 aromatic carbocycles. The third kappa shape index (κ3) is 18.5. The zero-order valence-corrected chi connectivity index (χ0v) is 25.5. The molecule has 0 aliphatic carbocycles. The molecule has 5 nitrogen and oxygen atoms in total. The van der Waals surface area contributed by atoms with Crippen LogP contribution in [0.3, 0.4) is 0 Å². The van der Waals surface area contributed by atoms with Crippen molar-refractivity contribution in [2.24, 2.45) is 0 Å². The lowest BCUT2D eigenvalue weighted by atomic mass is 10.1. The maximum absolute atomic E-state index is 13.0. The fourth-order valence-electron chi connectivity index (χ4n) is 4.22. The van der Waals surface area contributed by atoms with E-state index in [-0.39, 0.29) is 11.2 Å². The molecule has 0 saturated heterocycles. The zero-order chi connectivity index (χ0) is 27.8. The molecular weight excluding hydrogens is 492 g/mol. The fraction of sp³-hybridized carbons (Fsp3) is 0.688. The molecule has 38 heavy (non-hydrogen) atoms. The maximum atomic E-state index is 13.0. The van der Waals surface area contributed by atoms with Gasteiger partial charge in [0.2, 0.25) is 0 Å². The molecule has 1 rings (SSSR count). The Labute approximate surface area is 237 Å². The van der Waals surface area contributed by atoms with Gasteiger partial charge in [-0.25, -0.2) is 0 Å². The monoisotopic (exact) mass is 546 g/mol. The van der Waals surface area contributed by atoms with Crippen LogP contribution in [0.4, 0.5) is 4.79 Å². The number of nitrogens with zero attached hydrogens (tertiary/aromatic N) is 2. The molecule has 1 aromatic rings. The smallest absolute Gasteiger partial charge is 0.306 e. The summed E-state index contributed by atoms with van der Waals surface area (Å²) >= 11 is 1.42. The van der Waals surface area contributed by atoms with E-state index in [2.05, 4.69) is 49.1 Å². The van der Waals surface area contributed by atoms with E-state index < -0.39 is 0 Å². The first-order chi connectivity index (χ1) is 18.5. The first kappa shape index (κ1) is 34.2. The summed E-state index contributed by atoms with van der Waals surface area (Å²) in [7, 11) is 4.07. The van der Waals surface area contributed by atoms with Crippen LogP contribution >= 0.6 is 11.8 Å². The number of rotatable bonds is 22. The molecule has 0 N–H and O–H groups in total. The normalized spacial score (nSPS) is 11.4. The van der Waals surface area contributed by atoms with Gasteiger partial charge < -0.3 is 14.5 Å². The van der Waals surface area contributed by atoms with Crippen LogP contribution < -0.4 is 0 Å². The molecule has 0 radical (unpaired) electrons. The summed E-state index contributed by atoms with van der Waals surface area (Å²) in [5.74, 6) is 0.709. The molecule has 0 heterocycles. The van der Waals surface area contributed by atoms with E-state index in [0.29, 0.717) is 19.6 Å². The highest BCUT2D eigenvalue weighted by molar-refractivity contribution is 8.13. The molecule has 0 bridgehead atoms. The van der Waals surface area contributed by atoms with Gasteiger partial charge in [0.05, 0.1) is 0 Å². The first-order valence-electron chi connectivity index (χ1n) is 14.9. The second-order valence-electron chi connectivity index (χ2n) is 10.4. The van der Waals surface area contributed by atoms with Crippen LogP contribution in [0.5, 0.6) is 0 Å². The van der Waals surface area contributed by atoms with E-state index in [0.717, 1.165) is 70.2 Å². The SMILES string of the molecule is CCCCCC/C=C\COC(=O)CCCCCCCN(Cc1cccc(CCC)c1)C(=O)SCCN(C)C. The fourth-order valence-corrected chi connectivity index (χ4v) is 5.19. The van der Waals surface area contributed by atoms with Gasteiger partial charge in [0.1, 0.15) is 6.61 Å². The number of benzene rings is 1. The summed E-state index contributed by atoms with van der Waals surface area (Å²) in [4.78, 5) is 29.0. The van der Waals surface area contributed by atoms with Crippen LogP contribution in [0.25, 0.3) is 0 Å². The van der Waals surface area contributed by atoms with Gasteiger partial charge in [-0.05, 0) is 57.3 Å².